The number of pyridine rings is 1. The molecule has 2 aromatic heterocycles. The molecule has 2 aliphatic rings. The molecule has 0 radical (unpaired) electrons. The Kier molecular flexibility index (Phi) is 7.47. The molecule has 1 fully saturated rings. The summed E-state index contributed by atoms with van der Waals surface area (Å²) in [5, 5.41) is 2.28. The Bertz CT molecular complexity index is 1540. The molecule has 8 heteroatoms. The second-order valence-corrected chi connectivity index (χ2v) is 12.6. The summed E-state index contributed by atoms with van der Waals surface area (Å²) in [5.74, 6) is 0.153. The maximum atomic E-state index is 13.6. The average molecular weight is 578 g/mol. The van der Waals surface area contributed by atoms with Crippen molar-refractivity contribution >= 4 is 62.4 Å². The Balaban J connectivity index is 1.20. The van der Waals surface area contributed by atoms with E-state index in [9.17, 15) is 4.79 Å². The van der Waals surface area contributed by atoms with E-state index in [1.807, 2.05) is 41.3 Å². The lowest BCUT2D eigenvalue weighted by Gasteiger charge is -2.39. The van der Waals surface area contributed by atoms with Crippen molar-refractivity contribution < 1.29 is 4.79 Å². The zero-order valence-electron chi connectivity index (χ0n) is 21.9. The fourth-order valence-electron chi connectivity index (χ4n) is 6.00. The molecule has 4 heterocycles. The van der Waals surface area contributed by atoms with Gasteiger partial charge in [0.25, 0.3) is 0 Å². The maximum Gasteiger partial charge on any atom is 0.227 e. The Morgan fingerprint density at radius 3 is 2.67 bits per heavy atom. The van der Waals surface area contributed by atoms with Crippen molar-refractivity contribution in [3.8, 4) is 0 Å². The Morgan fingerprint density at radius 1 is 1.10 bits per heavy atom. The summed E-state index contributed by atoms with van der Waals surface area (Å²) in [5.41, 5.74) is 5.52. The van der Waals surface area contributed by atoms with E-state index in [0.29, 0.717) is 18.0 Å². The molecule has 1 amide bonds. The van der Waals surface area contributed by atoms with Crippen LogP contribution in [0.2, 0.25) is 10.2 Å². The zero-order chi connectivity index (χ0) is 27.0. The number of aromatic nitrogens is 2. The minimum absolute atomic E-state index is 0.0681. The third-order valence-corrected chi connectivity index (χ3v) is 9.40. The van der Waals surface area contributed by atoms with E-state index in [4.69, 9.17) is 28.2 Å². The van der Waals surface area contributed by atoms with Gasteiger partial charge in [-0.1, -0.05) is 47.5 Å². The molecule has 0 aliphatic carbocycles. The van der Waals surface area contributed by atoms with Crippen molar-refractivity contribution in [2.45, 2.75) is 38.0 Å². The molecule has 39 heavy (non-hydrogen) atoms. The van der Waals surface area contributed by atoms with Gasteiger partial charge in [-0.25, -0.2) is 9.97 Å². The highest BCUT2D eigenvalue weighted by Crippen LogP contribution is 2.50. The van der Waals surface area contributed by atoms with Gasteiger partial charge in [-0.15, -0.1) is 11.3 Å². The summed E-state index contributed by atoms with van der Waals surface area (Å²) >= 11 is 13.8. The second-order valence-electron chi connectivity index (χ2n) is 10.5. The number of nitrogens with zero attached hydrogens (tertiary/aromatic N) is 4. The summed E-state index contributed by atoms with van der Waals surface area (Å²) in [4.78, 5) is 27.2. The summed E-state index contributed by atoms with van der Waals surface area (Å²) in [6.45, 7) is 5.67. The maximum absolute atomic E-state index is 13.6. The molecule has 2 aliphatic heterocycles. The van der Waals surface area contributed by atoms with Crippen molar-refractivity contribution in [2.75, 3.05) is 31.1 Å². The minimum Gasteiger partial charge on any atom is -0.311 e. The molecule has 2 aromatic carbocycles. The van der Waals surface area contributed by atoms with Crippen LogP contribution < -0.4 is 4.90 Å². The van der Waals surface area contributed by atoms with Crippen molar-refractivity contribution in [1.82, 2.24) is 14.9 Å². The first-order valence-electron chi connectivity index (χ1n) is 13.4. The lowest BCUT2D eigenvalue weighted by atomic mass is 9.74. The number of halogens is 2. The van der Waals surface area contributed by atoms with Gasteiger partial charge >= 0.3 is 0 Å². The standard InChI is InChI=1S/C31H30Cl2N4OS/c1-21-35-30-26(39-21)10-9-25-29(30)31(20-37(25)28(38)11-6-23-12-15-34-27(33)19-23)13-17-36(18-14-31)16-2-3-22-4-7-24(32)8-5-22/h2-5,7-10,12,15,19H,6,11,13-14,16-18,20H2,1H3/b3-2+. The summed E-state index contributed by atoms with van der Waals surface area (Å²) in [7, 11) is 0. The summed E-state index contributed by atoms with van der Waals surface area (Å²) in [6.07, 6.45) is 9.18. The Hall–Kier alpha value is -2.77. The second kappa shape index (κ2) is 11.0. The van der Waals surface area contributed by atoms with Gasteiger partial charge in [0.05, 0.1) is 15.2 Å². The topological polar surface area (TPSA) is 49.3 Å². The lowest BCUT2D eigenvalue weighted by Crippen LogP contribution is -2.46. The molecular weight excluding hydrogens is 547 g/mol. The predicted octanol–water partition coefficient (Wildman–Crippen LogP) is 7.33. The highest BCUT2D eigenvalue weighted by atomic mass is 35.5. The van der Waals surface area contributed by atoms with Crippen molar-refractivity contribution in [1.29, 1.82) is 0 Å². The monoisotopic (exact) mass is 576 g/mol. The van der Waals surface area contributed by atoms with E-state index < -0.39 is 0 Å². The molecule has 0 saturated carbocycles. The summed E-state index contributed by atoms with van der Waals surface area (Å²) in [6, 6.07) is 16.0. The van der Waals surface area contributed by atoms with E-state index in [-0.39, 0.29) is 11.3 Å². The quantitative estimate of drug-likeness (QED) is 0.225. The van der Waals surface area contributed by atoms with Gasteiger partial charge in [0.2, 0.25) is 5.91 Å². The van der Waals surface area contributed by atoms with E-state index in [2.05, 4.69) is 41.1 Å². The fraction of sp³-hybridized carbons (Fsp3) is 0.323. The SMILES string of the molecule is Cc1nc2c3c(ccc2s1)N(C(=O)CCc1ccnc(Cl)c1)CC31CCN(C/C=C/c2ccc(Cl)cc2)CC1. The van der Waals surface area contributed by atoms with Gasteiger partial charge in [-0.2, -0.15) is 0 Å². The van der Waals surface area contributed by atoms with Gasteiger partial charge in [-0.05, 0) is 86.8 Å². The number of likely N-dealkylation sites (tertiary alicyclic amines) is 1. The zero-order valence-corrected chi connectivity index (χ0v) is 24.2. The third kappa shape index (κ3) is 5.48. The molecule has 0 atom stereocenters. The lowest BCUT2D eigenvalue weighted by molar-refractivity contribution is -0.118. The molecule has 200 valence electrons. The molecule has 5 nitrogen and oxygen atoms in total. The van der Waals surface area contributed by atoms with Crippen molar-refractivity contribution in [2.24, 2.45) is 0 Å². The van der Waals surface area contributed by atoms with Crippen molar-refractivity contribution in [3.63, 3.8) is 0 Å². The van der Waals surface area contributed by atoms with Gasteiger partial charge in [0, 0.05) is 47.4 Å². The first kappa shape index (κ1) is 26.5. The van der Waals surface area contributed by atoms with Crippen LogP contribution in [0.4, 0.5) is 5.69 Å². The number of anilines is 1. The normalized spacial score (nSPS) is 16.9. The van der Waals surface area contributed by atoms with Crippen LogP contribution in [0.15, 0.2) is 60.8 Å². The molecule has 0 unspecified atom stereocenters. The number of hydrogen-bond donors (Lipinski definition) is 0. The van der Waals surface area contributed by atoms with E-state index >= 15 is 0 Å². The van der Waals surface area contributed by atoms with Crippen molar-refractivity contribution in [3.05, 3.63) is 92.7 Å². The number of amides is 1. The molecule has 6 rings (SSSR count). The molecule has 0 N–H and O–H groups in total. The van der Waals surface area contributed by atoms with Crippen LogP contribution in [-0.2, 0) is 16.6 Å². The van der Waals surface area contributed by atoms with E-state index in [1.165, 1.54) is 10.3 Å². The highest BCUT2D eigenvalue weighted by Gasteiger charge is 2.47. The number of carbonyl (C=O) groups excluding carboxylic acids is 1. The van der Waals surface area contributed by atoms with Gasteiger partial charge in [0.1, 0.15) is 5.15 Å². The number of hydrogen-bond acceptors (Lipinski definition) is 5. The first-order chi connectivity index (χ1) is 18.9. The number of carbonyl (C=O) groups is 1. The highest BCUT2D eigenvalue weighted by molar-refractivity contribution is 7.18. The minimum atomic E-state index is -0.0681. The van der Waals surface area contributed by atoms with Crippen LogP contribution in [0.25, 0.3) is 16.3 Å². The predicted molar refractivity (Wildman–Crippen MR) is 162 cm³/mol. The number of rotatable bonds is 6. The first-order valence-corrected chi connectivity index (χ1v) is 14.9. The molecule has 4 aromatic rings. The van der Waals surface area contributed by atoms with Crippen LogP contribution in [0.1, 0.15) is 41.0 Å². The van der Waals surface area contributed by atoms with Gasteiger partial charge in [0.15, 0.2) is 0 Å². The number of fused-ring (bicyclic) bond motifs is 4. The van der Waals surface area contributed by atoms with Crippen LogP contribution in [-0.4, -0.2) is 47.0 Å². The number of aryl methyl sites for hydroxylation is 2. The van der Waals surface area contributed by atoms with Crippen LogP contribution in [0.5, 0.6) is 0 Å². The largest absolute Gasteiger partial charge is 0.311 e. The smallest absolute Gasteiger partial charge is 0.227 e. The molecule has 1 saturated heterocycles. The Morgan fingerprint density at radius 2 is 1.90 bits per heavy atom. The van der Waals surface area contributed by atoms with Gasteiger partial charge < -0.3 is 4.90 Å². The van der Waals surface area contributed by atoms with Gasteiger partial charge in [-0.3, -0.25) is 9.69 Å². The molecule has 0 bridgehead atoms. The summed E-state index contributed by atoms with van der Waals surface area (Å²) < 4.78 is 1.21. The fourth-order valence-corrected chi connectivity index (χ4v) is 7.16. The van der Waals surface area contributed by atoms with Crippen LogP contribution in [0.3, 0.4) is 0 Å². The average Bonchev–Trinajstić information content (AvgIpc) is 3.47. The number of piperidine rings is 1. The molecule has 1 spiro atoms. The van der Waals surface area contributed by atoms with E-state index in [1.54, 1.807) is 17.5 Å². The number of benzene rings is 2. The third-order valence-electron chi connectivity index (χ3n) is 8.00. The van der Waals surface area contributed by atoms with Crippen LogP contribution >= 0.6 is 34.5 Å². The van der Waals surface area contributed by atoms with Crippen LogP contribution in [0, 0.1) is 6.92 Å². The van der Waals surface area contributed by atoms with E-state index in [0.717, 1.165) is 71.4 Å². The number of thiazole rings is 1. The Labute approximate surface area is 243 Å². The molecular formula is C31H30Cl2N4OS.